The zero-order valence-electron chi connectivity index (χ0n) is 16.1. The molecule has 0 heterocycles. The van der Waals surface area contributed by atoms with Gasteiger partial charge in [0.1, 0.15) is 0 Å². The molecule has 2 aromatic rings. The number of halogens is 1. The molecule has 0 radical (unpaired) electrons. The Morgan fingerprint density at radius 1 is 0.800 bits per heavy atom. The maximum Gasteiger partial charge on any atom is -1.00 e. The van der Waals surface area contributed by atoms with Crippen LogP contribution in [0.3, 0.4) is 0 Å². The summed E-state index contributed by atoms with van der Waals surface area (Å²) in [5.74, 6) is 0.766. The summed E-state index contributed by atoms with van der Waals surface area (Å²) in [7, 11) is 0. The van der Waals surface area contributed by atoms with E-state index in [-0.39, 0.29) is 12.4 Å². The molecule has 0 amide bonds. The summed E-state index contributed by atoms with van der Waals surface area (Å²) >= 11 is 1.05. The van der Waals surface area contributed by atoms with E-state index in [1.165, 1.54) is 68.6 Å². The molecule has 25 heavy (non-hydrogen) atoms. The molecular weight excluding hydrogens is 433 g/mol. The number of unbranched alkanes of at least 4 members (excludes halogenated alkanes) is 6. The van der Waals surface area contributed by atoms with Gasteiger partial charge in [-0.1, -0.05) is 0 Å². The monoisotopic (exact) mass is 468 g/mol. The fourth-order valence-corrected chi connectivity index (χ4v) is 6.45. The van der Waals surface area contributed by atoms with Gasteiger partial charge < -0.3 is 12.4 Å². The first-order valence-electron chi connectivity index (χ1n) is 10.1. The molecule has 0 bridgehead atoms. The molecule has 0 aliphatic rings. The number of hydrogen-bond acceptors (Lipinski definition) is 0. The van der Waals surface area contributed by atoms with Gasteiger partial charge in [0.05, 0.1) is 0 Å². The predicted molar refractivity (Wildman–Crippen MR) is 113 cm³/mol. The molecule has 0 aliphatic carbocycles. The van der Waals surface area contributed by atoms with Gasteiger partial charge in [-0.05, 0) is 0 Å². The van der Waals surface area contributed by atoms with Crippen molar-refractivity contribution < 1.29 is 12.4 Å². The summed E-state index contributed by atoms with van der Waals surface area (Å²) in [6.07, 6.45) is 12.7. The molecule has 0 saturated carbocycles. The molecule has 0 N–H and O–H groups in total. The Morgan fingerprint density at radius 3 is 2.16 bits per heavy atom. The van der Waals surface area contributed by atoms with E-state index in [9.17, 15) is 0 Å². The number of benzene rings is 2. The van der Waals surface area contributed by atoms with E-state index in [2.05, 4.69) is 56.3 Å². The molecule has 0 fully saturated rings. The first-order valence-corrected chi connectivity index (χ1v) is 12.4. The zero-order chi connectivity index (χ0) is 17.2. The summed E-state index contributed by atoms with van der Waals surface area (Å²) in [6, 6.07) is 15.8. The molecule has 2 aromatic carbocycles. The maximum atomic E-state index is 2.39. The van der Waals surface area contributed by atoms with Crippen molar-refractivity contribution in [2.45, 2.75) is 81.4 Å². The fraction of sp³-hybridized carbons (Fsp3) is 0.565. The second-order valence-electron chi connectivity index (χ2n) is 7.25. The molecule has 2 atom stereocenters. The van der Waals surface area contributed by atoms with Crippen molar-refractivity contribution in [3.63, 3.8) is 0 Å². The first-order chi connectivity index (χ1) is 11.8. The van der Waals surface area contributed by atoms with Gasteiger partial charge in [0, 0.05) is 0 Å². The topological polar surface area (TPSA) is 0 Å². The van der Waals surface area contributed by atoms with E-state index in [1.54, 1.807) is 5.56 Å². The van der Waals surface area contributed by atoms with Gasteiger partial charge in [-0.2, -0.15) is 0 Å². The minimum absolute atomic E-state index is 0. The van der Waals surface area contributed by atoms with E-state index >= 15 is 0 Å². The average molecular weight is 470 g/mol. The Labute approximate surface area is 175 Å². The molecule has 2 unspecified atom stereocenters. The summed E-state index contributed by atoms with van der Waals surface area (Å²) in [5.41, 5.74) is 1.60. The molecule has 2 rings (SSSR count). The number of fused-ring (bicyclic) bond motifs is 1. The quantitative estimate of drug-likeness (QED) is 0.348. The third-order valence-electron chi connectivity index (χ3n) is 5.41. The van der Waals surface area contributed by atoms with Crippen molar-refractivity contribution in [3.05, 3.63) is 48.0 Å². The molecule has 0 aliphatic heterocycles. The van der Waals surface area contributed by atoms with Gasteiger partial charge in [-0.15, -0.1) is 0 Å². The summed E-state index contributed by atoms with van der Waals surface area (Å²) in [5, 5.41) is 2.89. The van der Waals surface area contributed by atoms with Crippen molar-refractivity contribution in [1.29, 1.82) is 0 Å². The van der Waals surface area contributed by atoms with Crippen molar-refractivity contribution in [2.75, 3.05) is 0 Å². The van der Waals surface area contributed by atoms with Crippen molar-refractivity contribution in [1.82, 2.24) is 0 Å². The number of hydrogen-bond donors (Lipinski definition) is 0. The molecular formula is C23H36ClSb. The van der Waals surface area contributed by atoms with Crippen LogP contribution in [0.15, 0.2) is 42.5 Å². The van der Waals surface area contributed by atoms with Gasteiger partial charge in [0.25, 0.3) is 0 Å². The smallest absolute Gasteiger partial charge is 1.00 e. The van der Waals surface area contributed by atoms with Crippen LogP contribution in [0.25, 0.3) is 10.8 Å². The van der Waals surface area contributed by atoms with Gasteiger partial charge in [-0.3, -0.25) is 0 Å². The largest absolute Gasteiger partial charge is 1.00 e. The van der Waals surface area contributed by atoms with Crippen LogP contribution in [0.4, 0.5) is 0 Å². The summed E-state index contributed by atoms with van der Waals surface area (Å²) in [4.78, 5) is 0. The second kappa shape index (κ2) is 13.0. The van der Waals surface area contributed by atoms with Crippen LogP contribution in [0, 0.1) is 0 Å². The minimum atomic E-state index is 0. The third kappa shape index (κ3) is 7.15. The Morgan fingerprint density at radius 2 is 1.44 bits per heavy atom. The van der Waals surface area contributed by atoms with Gasteiger partial charge in [-0.25, -0.2) is 0 Å². The molecule has 0 spiro atoms. The van der Waals surface area contributed by atoms with Crippen molar-refractivity contribution >= 4 is 33.8 Å². The molecule has 2 heteroatoms. The van der Waals surface area contributed by atoms with Crippen LogP contribution in [-0.4, -0.2) is 23.0 Å². The average Bonchev–Trinajstić information content (AvgIpc) is 2.62. The van der Waals surface area contributed by atoms with Crippen LogP contribution in [0.5, 0.6) is 0 Å². The van der Waals surface area contributed by atoms with Crippen LogP contribution in [0.1, 0.15) is 83.1 Å². The second-order valence-corrected chi connectivity index (χ2v) is 10.2. The third-order valence-corrected chi connectivity index (χ3v) is 8.20. The Hall–Kier alpha value is -0.192. The van der Waals surface area contributed by atoms with Crippen LogP contribution >= 0.6 is 0 Å². The van der Waals surface area contributed by atoms with E-state index in [4.69, 9.17) is 0 Å². The normalized spacial score (nSPS) is 13.5. The van der Waals surface area contributed by atoms with E-state index in [0.717, 1.165) is 32.8 Å². The molecule has 140 valence electrons. The summed E-state index contributed by atoms with van der Waals surface area (Å²) < 4.78 is 0.944. The predicted octanol–water partition coefficient (Wildman–Crippen LogP) is 3.63. The zero-order valence-corrected chi connectivity index (χ0v) is 20.9. The first kappa shape index (κ1) is 22.8. The Kier molecular flexibility index (Phi) is 11.9. The molecule has 0 aromatic heterocycles. The fourth-order valence-electron chi connectivity index (χ4n) is 3.95. The molecule has 0 saturated heterocycles. The minimum Gasteiger partial charge on any atom is -1.00 e. The Bertz CT molecular complexity index is 590. The van der Waals surface area contributed by atoms with Crippen LogP contribution in [0.2, 0.25) is 3.86 Å². The molecule has 0 nitrogen and oxygen atoms in total. The van der Waals surface area contributed by atoms with Gasteiger partial charge in [0.2, 0.25) is 0 Å². The summed E-state index contributed by atoms with van der Waals surface area (Å²) in [6.45, 7) is 4.68. The van der Waals surface area contributed by atoms with Crippen molar-refractivity contribution in [3.8, 4) is 0 Å². The van der Waals surface area contributed by atoms with E-state index in [1.807, 2.05) is 0 Å². The van der Waals surface area contributed by atoms with Crippen molar-refractivity contribution in [2.24, 2.45) is 0 Å². The SMILES string of the molecule is CCCCCCCCC[CH]([SbH3+])C(CC)c1cccc2ccccc12.[Cl-]. The number of rotatable bonds is 11. The van der Waals surface area contributed by atoms with Crippen LogP contribution in [-0.2, 0) is 0 Å². The van der Waals surface area contributed by atoms with E-state index < -0.39 is 0 Å². The van der Waals surface area contributed by atoms with Gasteiger partial charge in [0.15, 0.2) is 0 Å². The Balaban J connectivity index is 0.00000312. The van der Waals surface area contributed by atoms with E-state index in [0.29, 0.717) is 0 Å². The van der Waals surface area contributed by atoms with Gasteiger partial charge >= 0.3 is 163 Å². The maximum absolute atomic E-state index is 2.39. The standard InChI is InChI=1S/C23H33.ClH.Sb.3H/c1-3-5-6-7-8-9-10-11-15-20(4-2)22-19-14-17-21-16-12-13-18-23(21)22;;;;;/h12-20H,3-11H2,1-2H3;1H;;;;/q;;+1;;;/p-1. The van der Waals surface area contributed by atoms with Crippen LogP contribution < -0.4 is 12.4 Å².